The van der Waals surface area contributed by atoms with E-state index in [1.165, 1.54) is 19.4 Å². The number of hydrogen-bond acceptors (Lipinski definition) is 0. The average Bonchev–Trinajstić information content (AvgIpc) is 1.84. The molecule has 0 aliphatic carbocycles. The van der Waals surface area contributed by atoms with Crippen LogP contribution < -0.4 is 0 Å². The summed E-state index contributed by atoms with van der Waals surface area (Å²) in [7, 11) is 4.61. The van der Waals surface area contributed by atoms with Crippen LogP contribution in [0, 0.1) is 0 Å². The van der Waals surface area contributed by atoms with Gasteiger partial charge in [0.25, 0.3) is 0 Å². The van der Waals surface area contributed by atoms with Gasteiger partial charge in [0.2, 0.25) is 0 Å². The van der Waals surface area contributed by atoms with Crippen molar-refractivity contribution in [2.45, 2.75) is 39.7 Å². The maximum absolute atomic E-state index is 2.31. The van der Waals surface area contributed by atoms with Gasteiger partial charge in [0, 0.05) is 0 Å². The van der Waals surface area contributed by atoms with Crippen LogP contribution in [0.5, 0.6) is 0 Å². The van der Waals surface area contributed by atoms with E-state index >= 15 is 0 Å². The molecule has 0 spiro atoms. The second-order valence-corrected chi connectivity index (χ2v) is 3.95. The number of hydrogen-bond donors (Lipinski definition) is 0. The van der Waals surface area contributed by atoms with Gasteiger partial charge in [0.05, 0.1) is 26.7 Å². The normalized spacial score (nSPS) is 12.6. The van der Waals surface area contributed by atoms with Crippen molar-refractivity contribution < 1.29 is 4.48 Å². The molecule has 0 atom stereocenters. The van der Waals surface area contributed by atoms with Crippen molar-refractivity contribution in [1.29, 1.82) is 0 Å². The first-order valence-electron chi connectivity index (χ1n) is 4.33. The summed E-state index contributed by atoms with van der Waals surface area (Å²) < 4.78 is 1.16. The highest BCUT2D eigenvalue weighted by atomic mass is 15.3. The van der Waals surface area contributed by atoms with E-state index in [2.05, 4.69) is 34.9 Å². The molecule has 0 saturated carbocycles. The summed E-state index contributed by atoms with van der Waals surface area (Å²) >= 11 is 0. The van der Waals surface area contributed by atoms with Gasteiger partial charge in [-0.3, -0.25) is 0 Å². The van der Waals surface area contributed by atoms with E-state index in [0.717, 1.165) is 10.5 Å². The molecule has 0 amide bonds. The molecule has 1 nitrogen and oxygen atoms in total. The maximum atomic E-state index is 2.31. The Morgan fingerprint density at radius 1 is 1.20 bits per heavy atom. The lowest BCUT2D eigenvalue weighted by molar-refractivity contribution is -0.911. The minimum atomic E-state index is 0.756. The van der Waals surface area contributed by atoms with Gasteiger partial charge in [-0.1, -0.05) is 13.3 Å². The number of unbranched alkanes of at least 4 members (excludes halogenated alkanes) is 1. The Bertz CT molecular complexity index is 84.7. The standard InChI is InChI=1S/C9H22N/c1-6-7-8-10(4,5)9(2)3/h9H,6-8H2,1-5H3/q+1. The highest BCUT2D eigenvalue weighted by Gasteiger charge is 2.17. The molecule has 0 saturated heterocycles. The Balaban J connectivity index is 3.63. The van der Waals surface area contributed by atoms with E-state index in [-0.39, 0.29) is 0 Å². The van der Waals surface area contributed by atoms with Gasteiger partial charge in [-0.25, -0.2) is 0 Å². The Morgan fingerprint density at radius 3 is 2.00 bits per heavy atom. The first-order valence-corrected chi connectivity index (χ1v) is 4.33. The quantitative estimate of drug-likeness (QED) is 0.531. The Labute approximate surface area is 65.6 Å². The zero-order valence-electron chi connectivity index (χ0n) is 8.15. The van der Waals surface area contributed by atoms with Gasteiger partial charge in [-0.15, -0.1) is 0 Å². The SMILES string of the molecule is CCCC[N+](C)(C)C(C)C. The Kier molecular flexibility index (Phi) is 3.95. The van der Waals surface area contributed by atoms with Crippen molar-refractivity contribution >= 4 is 0 Å². The minimum absolute atomic E-state index is 0.756. The topological polar surface area (TPSA) is 0 Å². The van der Waals surface area contributed by atoms with Gasteiger partial charge < -0.3 is 4.48 Å². The highest BCUT2D eigenvalue weighted by molar-refractivity contribution is 4.40. The lowest BCUT2D eigenvalue weighted by Gasteiger charge is -2.34. The monoisotopic (exact) mass is 144 g/mol. The molecule has 0 N–H and O–H groups in total. The van der Waals surface area contributed by atoms with Crippen molar-refractivity contribution in [1.82, 2.24) is 0 Å². The smallest absolute Gasteiger partial charge is 0.0829 e. The summed E-state index contributed by atoms with van der Waals surface area (Å²) in [4.78, 5) is 0. The molecule has 0 unspecified atom stereocenters. The van der Waals surface area contributed by atoms with Crippen LogP contribution in [-0.2, 0) is 0 Å². The Hall–Kier alpha value is -0.0400. The summed E-state index contributed by atoms with van der Waals surface area (Å²) in [6.07, 6.45) is 2.67. The maximum Gasteiger partial charge on any atom is 0.0829 e. The Morgan fingerprint density at radius 2 is 1.70 bits per heavy atom. The van der Waals surface area contributed by atoms with E-state index in [1.54, 1.807) is 0 Å². The average molecular weight is 144 g/mol. The molecular formula is C9H22N+. The fraction of sp³-hybridized carbons (Fsp3) is 1.00. The zero-order valence-corrected chi connectivity index (χ0v) is 8.15. The number of rotatable bonds is 4. The van der Waals surface area contributed by atoms with Crippen molar-refractivity contribution in [2.24, 2.45) is 0 Å². The molecule has 10 heavy (non-hydrogen) atoms. The molecule has 1 heteroatoms. The van der Waals surface area contributed by atoms with Gasteiger partial charge >= 0.3 is 0 Å². The van der Waals surface area contributed by atoms with Crippen molar-refractivity contribution in [3.05, 3.63) is 0 Å². The van der Waals surface area contributed by atoms with Crippen LogP contribution in [-0.4, -0.2) is 31.2 Å². The first kappa shape index (κ1) is 9.96. The predicted molar refractivity (Wildman–Crippen MR) is 47.0 cm³/mol. The minimum Gasteiger partial charge on any atom is -0.327 e. The van der Waals surface area contributed by atoms with Gasteiger partial charge in [-0.05, 0) is 20.3 Å². The number of nitrogens with zero attached hydrogens (tertiary/aromatic N) is 1. The van der Waals surface area contributed by atoms with E-state index in [9.17, 15) is 0 Å². The molecule has 0 radical (unpaired) electrons. The van der Waals surface area contributed by atoms with E-state index < -0.39 is 0 Å². The highest BCUT2D eigenvalue weighted by Crippen LogP contribution is 2.07. The molecule has 0 bridgehead atoms. The van der Waals surface area contributed by atoms with Gasteiger partial charge in [0.15, 0.2) is 0 Å². The molecule has 0 rings (SSSR count). The summed E-state index contributed by atoms with van der Waals surface area (Å²) in [5, 5.41) is 0. The van der Waals surface area contributed by atoms with Crippen LogP contribution >= 0.6 is 0 Å². The largest absolute Gasteiger partial charge is 0.327 e. The molecule has 0 aromatic heterocycles. The fourth-order valence-corrected chi connectivity index (χ4v) is 0.824. The third-order valence-corrected chi connectivity index (χ3v) is 2.49. The van der Waals surface area contributed by atoms with Crippen LogP contribution in [0.25, 0.3) is 0 Å². The first-order chi connectivity index (χ1) is 4.50. The van der Waals surface area contributed by atoms with E-state index in [1.807, 2.05) is 0 Å². The second kappa shape index (κ2) is 3.97. The van der Waals surface area contributed by atoms with Crippen LogP contribution in [0.1, 0.15) is 33.6 Å². The molecule has 0 aliphatic rings. The van der Waals surface area contributed by atoms with Crippen LogP contribution in [0.3, 0.4) is 0 Å². The molecule has 0 fully saturated rings. The van der Waals surface area contributed by atoms with Crippen LogP contribution in [0.2, 0.25) is 0 Å². The summed E-state index contributed by atoms with van der Waals surface area (Å²) in [5.41, 5.74) is 0. The van der Waals surface area contributed by atoms with Crippen molar-refractivity contribution in [3.8, 4) is 0 Å². The lowest BCUT2D eigenvalue weighted by Crippen LogP contribution is -2.46. The zero-order chi connectivity index (χ0) is 8.20. The third kappa shape index (κ3) is 3.21. The van der Waals surface area contributed by atoms with Crippen LogP contribution in [0.4, 0.5) is 0 Å². The molecule has 0 aliphatic heterocycles. The fourth-order valence-electron chi connectivity index (χ4n) is 0.824. The third-order valence-electron chi connectivity index (χ3n) is 2.49. The molecular weight excluding hydrogens is 122 g/mol. The summed E-state index contributed by atoms with van der Waals surface area (Å²) in [6, 6.07) is 0.756. The van der Waals surface area contributed by atoms with E-state index in [4.69, 9.17) is 0 Å². The summed E-state index contributed by atoms with van der Waals surface area (Å²) in [5.74, 6) is 0. The van der Waals surface area contributed by atoms with Gasteiger partial charge in [-0.2, -0.15) is 0 Å². The summed E-state index contributed by atoms with van der Waals surface area (Å²) in [6.45, 7) is 8.14. The van der Waals surface area contributed by atoms with Gasteiger partial charge in [0.1, 0.15) is 0 Å². The molecule has 0 aromatic rings. The van der Waals surface area contributed by atoms with E-state index in [0.29, 0.717) is 0 Å². The van der Waals surface area contributed by atoms with Crippen molar-refractivity contribution in [2.75, 3.05) is 20.6 Å². The predicted octanol–water partition coefficient (Wildman–Crippen LogP) is 2.27. The number of quaternary nitrogens is 1. The second-order valence-electron chi connectivity index (χ2n) is 3.95. The van der Waals surface area contributed by atoms with Crippen molar-refractivity contribution in [3.63, 3.8) is 0 Å². The lowest BCUT2D eigenvalue weighted by atomic mass is 10.2. The molecule has 0 heterocycles. The van der Waals surface area contributed by atoms with Crippen LogP contribution in [0.15, 0.2) is 0 Å². The molecule has 0 aromatic carbocycles. The molecule has 62 valence electrons.